The fourth-order valence-corrected chi connectivity index (χ4v) is 7.61. The number of carbonyl (C=O) groups is 2. The number of ether oxygens (including phenoxy) is 1. The number of ketones is 1. The lowest BCUT2D eigenvalue weighted by atomic mass is 9.51. The first-order valence-electron chi connectivity index (χ1n) is 10.9. The molecular formula is C22H35NO4. The maximum absolute atomic E-state index is 12.3. The minimum Gasteiger partial charge on any atom is -0.480 e. The second kappa shape index (κ2) is 6.84. The Hall–Kier alpha value is -0.940. The van der Waals surface area contributed by atoms with Crippen LogP contribution in [0.1, 0.15) is 65.7 Å². The van der Waals surface area contributed by atoms with Gasteiger partial charge in [0.05, 0.1) is 12.6 Å². The smallest absolute Gasteiger partial charge is 0.329 e. The summed E-state index contributed by atoms with van der Waals surface area (Å²) in [5.41, 5.74) is 0.462. The van der Waals surface area contributed by atoms with E-state index >= 15 is 0 Å². The standard InChI is InChI=1S/C22H35NO4/c1-14-19(24)7-10-22(3)18-6-9-21(2)15(12-27-13-20(25)26)4-5-17(21)16(18)8-11-23(14)22/h14-18H,4-13H2,1-3H3,(H,25,26)/t14?,15?,16-,17-,18+,21+,22+/m0/s1. The molecule has 0 aromatic carbocycles. The van der Waals surface area contributed by atoms with Crippen molar-refractivity contribution in [3.63, 3.8) is 0 Å². The Morgan fingerprint density at radius 1 is 1.19 bits per heavy atom. The average Bonchev–Trinajstić information content (AvgIpc) is 2.95. The molecule has 2 aliphatic carbocycles. The molecule has 2 aliphatic heterocycles. The van der Waals surface area contributed by atoms with Crippen LogP contribution in [0.3, 0.4) is 0 Å². The summed E-state index contributed by atoms with van der Waals surface area (Å²) in [6, 6.07) is 0.0822. The Morgan fingerprint density at radius 3 is 2.70 bits per heavy atom. The highest BCUT2D eigenvalue weighted by Gasteiger charge is 2.60. The zero-order chi connectivity index (χ0) is 19.4. The van der Waals surface area contributed by atoms with Crippen LogP contribution in [-0.4, -0.2) is 53.1 Å². The molecule has 1 N–H and O–H groups in total. The molecule has 0 bridgehead atoms. The van der Waals surface area contributed by atoms with Crippen LogP contribution in [0.4, 0.5) is 0 Å². The summed E-state index contributed by atoms with van der Waals surface area (Å²) < 4.78 is 5.52. The van der Waals surface area contributed by atoms with Crippen LogP contribution in [-0.2, 0) is 14.3 Å². The fraction of sp³-hybridized carbons (Fsp3) is 0.909. The molecule has 2 heterocycles. The van der Waals surface area contributed by atoms with Crippen molar-refractivity contribution in [3.05, 3.63) is 0 Å². The molecule has 5 heteroatoms. The molecule has 0 spiro atoms. The molecule has 2 saturated heterocycles. The number of carboxylic acid groups (broad SMARTS) is 1. The lowest BCUT2D eigenvalue weighted by molar-refractivity contribution is -0.155. The molecule has 4 aliphatic rings. The number of nitrogens with zero attached hydrogens (tertiary/aromatic N) is 1. The number of carboxylic acids is 1. The molecule has 0 aromatic rings. The van der Waals surface area contributed by atoms with Gasteiger partial charge in [-0.2, -0.15) is 0 Å². The third-order valence-corrected chi connectivity index (χ3v) is 9.15. The van der Waals surface area contributed by atoms with Gasteiger partial charge in [0.25, 0.3) is 0 Å². The minimum atomic E-state index is -0.875. The lowest BCUT2D eigenvalue weighted by Crippen LogP contribution is -2.67. The summed E-state index contributed by atoms with van der Waals surface area (Å²) in [4.78, 5) is 25.6. The predicted octanol–water partition coefficient (Wildman–Crippen LogP) is 3.36. The van der Waals surface area contributed by atoms with Gasteiger partial charge in [-0.05, 0) is 88.0 Å². The summed E-state index contributed by atoms with van der Waals surface area (Å²) in [5.74, 6) is 2.19. The van der Waals surface area contributed by atoms with Crippen molar-refractivity contribution in [2.45, 2.75) is 77.3 Å². The summed E-state index contributed by atoms with van der Waals surface area (Å²) in [6.07, 6.45) is 7.84. The number of aliphatic carboxylic acids is 1. The predicted molar refractivity (Wildman–Crippen MR) is 102 cm³/mol. The third-order valence-electron chi connectivity index (χ3n) is 9.15. The summed E-state index contributed by atoms with van der Waals surface area (Å²) >= 11 is 0. The Morgan fingerprint density at radius 2 is 1.96 bits per heavy atom. The van der Waals surface area contributed by atoms with Crippen molar-refractivity contribution < 1.29 is 19.4 Å². The maximum Gasteiger partial charge on any atom is 0.329 e. The van der Waals surface area contributed by atoms with E-state index in [0.29, 0.717) is 24.2 Å². The Labute approximate surface area is 162 Å². The monoisotopic (exact) mass is 377 g/mol. The Bertz CT molecular complexity index is 621. The third kappa shape index (κ3) is 2.96. The van der Waals surface area contributed by atoms with E-state index in [0.717, 1.165) is 31.2 Å². The summed E-state index contributed by atoms with van der Waals surface area (Å²) in [6.45, 7) is 8.44. The van der Waals surface area contributed by atoms with E-state index in [1.165, 1.54) is 32.1 Å². The molecule has 7 atom stereocenters. The van der Waals surface area contributed by atoms with Crippen molar-refractivity contribution in [3.8, 4) is 0 Å². The molecule has 5 nitrogen and oxygen atoms in total. The van der Waals surface area contributed by atoms with Gasteiger partial charge in [-0.3, -0.25) is 9.69 Å². The molecular weight excluding hydrogens is 342 g/mol. The van der Waals surface area contributed by atoms with Gasteiger partial charge in [-0.25, -0.2) is 4.79 Å². The highest BCUT2D eigenvalue weighted by Crippen LogP contribution is 2.63. The molecule has 27 heavy (non-hydrogen) atoms. The van der Waals surface area contributed by atoms with Crippen LogP contribution < -0.4 is 0 Å². The van der Waals surface area contributed by atoms with Crippen LogP contribution >= 0.6 is 0 Å². The van der Waals surface area contributed by atoms with Gasteiger partial charge in [0.2, 0.25) is 0 Å². The van der Waals surface area contributed by atoms with Gasteiger partial charge < -0.3 is 9.84 Å². The highest BCUT2D eigenvalue weighted by molar-refractivity contribution is 5.84. The van der Waals surface area contributed by atoms with E-state index in [1.54, 1.807) is 0 Å². The van der Waals surface area contributed by atoms with Crippen LogP contribution in [0, 0.1) is 29.1 Å². The van der Waals surface area contributed by atoms with Crippen LogP contribution in [0.25, 0.3) is 0 Å². The molecule has 2 saturated carbocycles. The first-order chi connectivity index (χ1) is 12.8. The van der Waals surface area contributed by atoms with Crippen molar-refractivity contribution in [1.82, 2.24) is 4.90 Å². The van der Waals surface area contributed by atoms with Gasteiger partial charge in [0.1, 0.15) is 12.4 Å². The van der Waals surface area contributed by atoms with Crippen LogP contribution in [0.2, 0.25) is 0 Å². The van der Waals surface area contributed by atoms with Crippen molar-refractivity contribution in [1.29, 1.82) is 0 Å². The van der Waals surface area contributed by atoms with E-state index < -0.39 is 5.97 Å². The van der Waals surface area contributed by atoms with E-state index in [9.17, 15) is 9.59 Å². The molecule has 4 rings (SSSR count). The largest absolute Gasteiger partial charge is 0.480 e. The Balaban J connectivity index is 1.51. The van der Waals surface area contributed by atoms with E-state index in [4.69, 9.17) is 9.84 Å². The molecule has 0 radical (unpaired) electrons. The van der Waals surface area contributed by atoms with Crippen molar-refractivity contribution in [2.75, 3.05) is 19.8 Å². The molecule has 4 fully saturated rings. The van der Waals surface area contributed by atoms with E-state index in [-0.39, 0.29) is 23.6 Å². The second-order valence-corrected chi connectivity index (χ2v) is 10.1. The minimum absolute atomic E-state index is 0.0822. The number of fused-ring (bicyclic) bond motifs is 5. The van der Waals surface area contributed by atoms with Crippen molar-refractivity contribution >= 4 is 11.8 Å². The number of piperidine rings is 2. The molecule has 152 valence electrons. The zero-order valence-corrected chi connectivity index (χ0v) is 17.1. The van der Waals surface area contributed by atoms with Gasteiger partial charge in [0, 0.05) is 12.0 Å². The summed E-state index contributed by atoms with van der Waals surface area (Å²) in [7, 11) is 0. The SMILES string of the molecule is CC1C(=O)CC[C@]2(C)[C@@H]3CC[C@]4(C)C(COCC(=O)O)CC[C@H]4[C@@H]3CCN12. The average molecular weight is 378 g/mol. The number of hydrogen-bond donors (Lipinski definition) is 1. The lowest BCUT2D eigenvalue weighted by Gasteiger charge is -2.62. The normalized spacial score (nSPS) is 47.2. The summed E-state index contributed by atoms with van der Waals surface area (Å²) in [5, 5.41) is 8.86. The topological polar surface area (TPSA) is 66.8 Å². The zero-order valence-electron chi connectivity index (χ0n) is 17.1. The van der Waals surface area contributed by atoms with Crippen LogP contribution in [0.15, 0.2) is 0 Å². The van der Waals surface area contributed by atoms with E-state index in [1.807, 2.05) is 0 Å². The molecule has 0 aromatic heterocycles. The molecule has 2 unspecified atom stereocenters. The number of hydrogen-bond acceptors (Lipinski definition) is 4. The van der Waals surface area contributed by atoms with Gasteiger partial charge in [0.15, 0.2) is 0 Å². The first kappa shape index (κ1) is 19.4. The van der Waals surface area contributed by atoms with Crippen LogP contribution in [0.5, 0.6) is 0 Å². The highest BCUT2D eigenvalue weighted by atomic mass is 16.5. The fourth-order valence-electron chi connectivity index (χ4n) is 7.61. The Kier molecular flexibility index (Phi) is 4.91. The quantitative estimate of drug-likeness (QED) is 0.814. The second-order valence-electron chi connectivity index (χ2n) is 10.1. The molecule has 0 amide bonds. The van der Waals surface area contributed by atoms with E-state index in [2.05, 4.69) is 25.7 Å². The maximum atomic E-state index is 12.3. The van der Waals surface area contributed by atoms with Gasteiger partial charge in [-0.1, -0.05) is 6.92 Å². The number of rotatable bonds is 4. The first-order valence-corrected chi connectivity index (χ1v) is 10.9. The van der Waals surface area contributed by atoms with Gasteiger partial charge >= 0.3 is 5.97 Å². The number of Topliss-reactive ketones (excluding diaryl/α,β-unsaturated/α-hetero) is 1. The van der Waals surface area contributed by atoms with Crippen molar-refractivity contribution in [2.24, 2.45) is 29.1 Å². The van der Waals surface area contributed by atoms with Gasteiger partial charge in [-0.15, -0.1) is 0 Å². The number of carbonyl (C=O) groups excluding carboxylic acids is 1.